The molecule has 0 amide bonds. The fourth-order valence-electron chi connectivity index (χ4n) is 3.45. The highest BCUT2D eigenvalue weighted by Crippen LogP contribution is 2.39. The lowest BCUT2D eigenvalue weighted by atomic mass is 10.0. The fourth-order valence-corrected chi connectivity index (χ4v) is 6.38. The highest BCUT2D eigenvalue weighted by molar-refractivity contribution is 7.92. The Labute approximate surface area is 197 Å². The zero-order valence-corrected chi connectivity index (χ0v) is 20.5. The molecule has 0 aliphatic carbocycles. The number of hydrogen-bond donors (Lipinski definition) is 1. The average molecular weight is 506 g/mol. The Kier molecular flexibility index (Phi) is 6.46. The van der Waals surface area contributed by atoms with Gasteiger partial charge < -0.3 is 4.74 Å². The van der Waals surface area contributed by atoms with E-state index in [0.29, 0.717) is 29.1 Å². The summed E-state index contributed by atoms with van der Waals surface area (Å²) in [5.41, 5.74) is 1.62. The fraction of sp³-hybridized carbons (Fsp3) is 0.227. The van der Waals surface area contributed by atoms with Gasteiger partial charge in [0.1, 0.15) is 11.8 Å². The largest absolute Gasteiger partial charge is 0.497 e. The lowest BCUT2D eigenvalue weighted by molar-refractivity contribution is 0.375. The second-order valence-electron chi connectivity index (χ2n) is 7.32. The van der Waals surface area contributed by atoms with Gasteiger partial charge in [0, 0.05) is 17.0 Å². The number of methoxy groups -OCH3 is 1. The highest BCUT2D eigenvalue weighted by Gasteiger charge is 2.38. The quantitative estimate of drug-likeness (QED) is 0.497. The summed E-state index contributed by atoms with van der Waals surface area (Å²) in [7, 11) is -5.86. The molecule has 33 heavy (non-hydrogen) atoms. The zero-order valence-electron chi connectivity index (χ0n) is 18.0. The summed E-state index contributed by atoms with van der Waals surface area (Å²) in [6, 6.07) is 16.3. The molecule has 1 N–H and O–H groups in total. The maximum absolute atomic E-state index is 13.5. The number of rotatable bonds is 8. The number of nitrogens with zero attached hydrogens (tertiary/aromatic N) is 2. The molecule has 4 rings (SSSR count). The van der Waals surface area contributed by atoms with Gasteiger partial charge in [0.05, 0.1) is 23.5 Å². The Balaban J connectivity index is 1.73. The van der Waals surface area contributed by atoms with E-state index in [1.165, 1.54) is 30.6 Å². The van der Waals surface area contributed by atoms with Crippen molar-refractivity contribution in [1.29, 1.82) is 0 Å². The Morgan fingerprint density at radius 1 is 1.09 bits per heavy atom. The van der Waals surface area contributed by atoms with Crippen molar-refractivity contribution in [3.8, 4) is 5.75 Å². The first-order valence-corrected chi connectivity index (χ1v) is 14.1. The number of hydrazone groups is 1. The smallest absolute Gasteiger partial charge is 0.279 e. The minimum atomic E-state index is -3.94. The van der Waals surface area contributed by atoms with Crippen molar-refractivity contribution in [2.75, 3.05) is 17.6 Å². The van der Waals surface area contributed by atoms with Crippen LogP contribution in [0.2, 0.25) is 0 Å². The maximum Gasteiger partial charge on any atom is 0.279 e. The van der Waals surface area contributed by atoms with Crippen LogP contribution in [0, 0.1) is 0 Å². The van der Waals surface area contributed by atoms with Crippen molar-refractivity contribution < 1.29 is 21.6 Å². The molecule has 8 nitrogen and oxygen atoms in total. The first-order valence-electron chi connectivity index (χ1n) is 10.1. The molecular weight excluding hydrogens is 482 g/mol. The van der Waals surface area contributed by atoms with Crippen LogP contribution in [0.4, 0.5) is 5.69 Å². The summed E-state index contributed by atoms with van der Waals surface area (Å²) >= 11 is 1.46. The molecule has 0 saturated heterocycles. The summed E-state index contributed by atoms with van der Waals surface area (Å²) in [6.07, 6.45) is 0.361. The molecule has 0 saturated carbocycles. The predicted molar refractivity (Wildman–Crippen MR) is 130 cm³/mol. The molecular formula is C22H23N3O5S3. The van der Waals surface area contributed by atoms with E-state index >= 15 is 0 Å². The van der Waals surface area contributed by atoms with Crippen LogP contribution < -0.4 is 9.46 Å². The second-order valence-corrected chi connectivity index (χ2v) is 12.1. The Hall–Kier alpha value is -2.89. The molecule has 1 atom stereocenters. The monoisotopic (exact) mass is 505 g/mol. The van der Waals surface area contributed by atoms with E-state index in [4.69, 9.17) is 4.74 Å². The van der Waals surface area contributed by atoms with Gasteiger partial charge in [-0.3, -0.25) is 4.72 Å². The summed E-state index contributed by atoms with van der Waals surface area (Å²) < 4.78 is 59.7. The van der Waals surface area contributed by atoms with E-state index in [1.54, 1.807) is 43.3 Å². The summed E-state index contributed by atoms with van der Waals surface area (Å²) in [5, 5.41) is 6.40. The molecule has 2 aromatic carbocycles. The molecule has 1 aliphatic rings. The van der Waals surface area contributed by atoms with Gasteiger partial charge in [0.2, 0.25) is 10.0 Å². The predicted octanol–water partition coefficient (Wildman–Crippen LogP) is 4.06. The second kappa shape index (κ2) is 9.16. The van der Waals surface area contributed by atoms with Crippen LogP contribution in [-0.2, 0) is 20.0 Å². The summed E-state index contributed by atoms with van der Waals surface area (Å²) in [6.45, 7) is 1.56. The van der Waals surface area contributed by atoms with Crippen LogP contribution in [0.25, 0.3) is 0 Å². The zero-order chi connectivity index (χ0) is 23.6. The topological polar surface area (TPSA) is 105 Å². The minimum absolute atomic E-state index is 0.0491. The molecule has 174 valence electrons. The van der Waals surface area contributed by atoms with Crippen LogP contribution >= 0.6 is 11.3 Å². The molecule has 11 heteroatoms. The van der Waals surface area contributed by atoms with Gasteiger partial charge in [-0.25, -0.2) is 8.42 Å². The number of nitrogens with one attached hydrogen (secondary N) is 1. The van der Waals surface area contributed by atoms with E-state index in [9.17, 15) is 16.8 Å². The number of anilines is 1. The van der Waals surface area contributed by atoms with Gasteiger partial charge in [0.15, 0.2) is 0 Å². The first-order chi connectivity index (χ1) is 15.7. The summed E-state index contributed by atoms with van der Waals surface area (Å²) in [5.74, 6) is 0.507. The molecule has 1 aromatic heterocycles. The van der Waals surface area contributed by atoms with Crippen molar-refractivity contribution in [3.63, 3.8) is 0 Å². The third kappa shape index (κ3) is 4.90. The highest BCUT2D eigenvalue weighted by atomic mass is 32.2. The maximum atomic E-state index is 13.5. The molecule has 3 aromatic rings. The van der Waals surface area contributed by atoms with Crippen LogP contribution in [0.1, 0.15) is 29.8 Å². The van der Waals surface area contributed by atoms with E-state index in [-0.39, 0.29) is 10.6 Å². The van der Waals surface area contributed by atoms with Gasteiger partial charge in [-0.2, -0.15) is 17.9 Å². The van der Waals surface area contributed by atoms with E-state index in [2.05, 4.69) is 9.82 Å². The minimum Gasteiger partial charge on any atom is -0.497 e. The first kappa shape index (κ1) is 23.3. The van der Waals surface area contributed by atoms with Crippen molar-refractivity contribution in [1.82, 2.24) is 4.41 Å². The standard InChI is InChI=1S/C22H23N3O5S3/c1-3-32(26,27)24-17-7-4-6-16(14-17)20-15-21(22-8-5-13-31-22)25(23-20)33(28,29)19-11-9-18(30-2)10-12-19/h4-14,21,24H,3,15H2,1-2H3/t21-/m0/s1. The van der Waals surface area contributed by atoms with Gasteiger partial charge in [-0.15, -0.1) is 11.3 Å². The molecule has 0 bridgehead atoms. The summed E-state index contributed by atoms with van der Waals surface area (Å²) in [4.78, 5) is 0.980. The number of sulfonamides is 2. The van der Waals surface area contributed by atoms with Gasteiger partial charge in [-0.1, -0.05) is 18.2 Å². The lowest BCUT2D eigenvalue weighted by Crippen LogP contribution is -2.26. The third-order valence-electron chi connectivity index (χ3n) is 5.20. The van der Waals surface area contributed by atoms with E-state index in [1.807, 2.05) is 17.5 Å². The Bertz CT molecular complexity index is 1370. The number of thiophene rings is 1. The number of hydrogen-bond acceptors (Lipinski definition) is 7. The van der Waals surface area contributed by atoms with Crippen LogP contribution in [0.5, 0.6) is 5.75 Å². The molecule has 2 heterocycles. The molecule has 1 aliphatic heterocycles. The van der Waals surface area contributed by atoms with Gasteiger partial charge in [-0.05, 0) is 60.3 Å². The van der Waals surface area contributed by atoms with Crippen LogP contribution in [0.15, 0.2) is 76.0 Å². The molecule has 0 radical (unpaired) electrons. The van der Waals surface area contributed by atoms with Crippen molar-refractivity contribution in [2.24, 2.45) is 5.10 Å². The normalized spacial score (nSPS) is 16.5. The molecule has 0 spiro atoms. The third-order valence-corrected chi connectivity index (χ3v) is 9.17. The lowest BCUT2D eigenvalue weighted by Gasteiger charge is -2.22. The van der Waals surface area contributed by atoms with Crippen molar-refractivity contribution >= 4 is 42.8 Å². The SMILES string of the molecule is CCS(=O)(=O)Nc1cccc(C2=NN(S(=O)(=O)c3ccc(OC)cc3)[C@H](c3cccs3)C2)c1. The van der Waals surface area contributed by atoms with E-state index < -0.39 is 26.1 Å². The average Bonchev–Trinajstić information content (AvgIpc) is 3.49. The van der Waals surface area contributed by atoms with Crippen LogP contribution in [-0.4, -0.2) is 39.8 Å². The van der Waals surface area contributed by atoms with Gasteiger partial charge in [0.25, 0.3) is 10.0 Å². The van der Waals surface area contributed by atoms with Crippen LogP contribution in [0.3, 0.4) is 0 Å². The Morgan fingerprint density at radius 2 is 1.85 bits per heavy atom. The molecule has 0 unspecified atom stereocenters. The Morgan fingerprint density at radius 3 is 2.48 bits per heavy atom. The number of ether oxygens (including phenoxy) is 1. The molecule has 0 fully saturated rings. The van der Waals surface area contributed by atoms with Crippen molar-refractivity contribution in [3.05, 3.63) is 76.5 Å². The van der Waals surface area contributed by atoms with E-state index in [0.717, 1.165) is 9.29 Å². The van der Waals surface area contributed by atoms with Gasteiger partial charge >= 0.3 is 0 Å². The number of benzene rings is 2. The van der Waals surface area contributed by atoms with Crippen molar-refractivity contribution in [2.45, 2.75) is 24.3 Å².